The van der Waals surface area contributed by atoms with Gasteiger partial charge in [0.15, 0.2) is 0 Å². The van der Waals surface area contributed by atoms with Crippen molar-refractivity contribution in [1.82, 2.24) is 3.97 Å². The first kappa shape index (κ1) is 30.1. The van der Waals surface area contributed by atoms with Gasteiger partial charge in [-0.2, -0.15) is 0 Å². The van der Waals surface area contributed by atoms with E-state index in [0.29, 0.717) is 5.52 Å². The summed E-state index contributed by atoms with van der Waals surface area (Å²) in [5, 5.41) is 0.797. The van der Waals surface area contributed by atoms with Crippen LogP contribution in [0.1, 0.15) is 72.4 Å². The van der Waals surface area contributed by atoms with Gasteiger partial charge in [-0.25, -0.2) is 12.4 Å². The Kier molecular flexibility index (Phi) is 7.23. The Labute approximate surface area is 245 Å². The van der Waals surface area contributed by atoms with Crippen LogP contribution in [0.2, 0.25) is 5.72 Å². The van der Waals surface area contributed by atoms with E-state index in [4.69, 9.17) is 18.6 Å². The first-order chi connectivity index (χ1) is 18.9. The lowest BCUT2D eigenvalue weighted by Gasteiger charge is -2.32. The highest BCUT2D eigenvalue weighted by Gasteiger charge is 2.63. The van der Waals surface area contributed by atoms with Gasteiger partial charge in [-0.1, -0.05) is 42.0 Å². The molecule has 218 valence electrons. The van der Waals surface area contributed by atoms with Crippen molar-refractivity contribution < 1.29 is 27.0 Å². The average Bonchev–Trinajstić information content (AvgIpc) is 3.43. The monoisotopic (exact) mass is 577 g/mol. The molecule has 7 nitrogen and oxygen atoms in total. The molecule has 3 aromatic rings. The second-order valence-electron chi connectivity index (χ2n) is 13.3. The molecule has 0 saturated carbocycles. The van der Waals surface area contributed by atoms with E-state index in [1.54, 1.807) is 30.5 Å². The highest BCUT2D eigenvalue weighted by atomic mass is 32.2. The maximum absolute atomic E-state index is 13.9. The van der Waals surface area contributed by atoms with E-state index in [1.807, 2.05) is 92.7 Å². The highest BCUT2D eigenvalue weighted by molar-refractivity contribution is 7.90. The third kappa shape index (κ3) is 4.91. The van der Waals surface area contributed by atoms with Crippen molar-refractivity contribution in [2.45, 2.75) is 101 Å². The van der Waals surface area contributed by atoms with Crippen LogP contribution in [0, 0.1) is 6.92 Å². The van der Waals surface area contributed by atoms with Crippen molar-refractivity contribution in [3.63, 3.8) is 0 Å². The van der Waals surface area contributed by atoms with Crippen molar-refractivity contribution >= 4 is 35.2 Å². The SMILES string of the molecule is C=C[C@H](c1cn(S(=O)(=O)c2ccc(C)cc2)c2ccccc12)C(B1OC(C)(C)C(C)(C)O1)B1OC(C)(C)C(C)(C)O1. The van der Waals surface area contributed by atoms with Gasteiger partial charge in [0.2, 0.25) is 0 Å². The Bertz CT molecular complexity index is 1510. The lowest BCUT2D eigenvalue weighted by Crippen LogP contribution is -2.41. The molecule has 0 bridgehead atoms. The lowest BCUT2D eigenvalue weighted by molar-refractivity contribution is 0.00578. The molecule has 1 aromatic heterocycles. The number of benzene rings is 2. The van der Waals surface area contributed by atoms with Gasteiger partial charge in [-0.3, -0.25) is 0 Å². The number of para-hydroxylation sites is 1. The van der Waals surface area contributed by atoms with Gasteiger partial charge >= 0.3 is 14.2 Å². The van der Waals surface area contributed by atoms with Crippen LogP contribution in [0.15, 0.2) is 72.3 Å². The van der Waals surface area contributed by atoms with Crippen molar-refractivity contribution in [2.24, 2.45) is 0 Å². The molecule has 0 N–H and O–H groups in total. The molecule has 2 saturated heterocycles. The predicted octanol–water partition coefficient (Wildman–Crippen LogP) is 6.55. The van der Waals surface area contributed by atoms with Crippen LogP contribution in [0.4, 0.5) is 0 Å². The van der Waals surface area contributed by atoms with Gasteiger partial charge in [0.1, 0.15) is 0 Å². The van der Waals surface area contributed by atoms with Crippen LogP contribution in [-0.2, 0) is 28.6 Å². The van der Waals surface area contributed by atoms with Crippen molar-refractivity contribution in [3.8, 4) is 0 Å². The van der Waals surface area contributed by atoms with E-state index in [9.17, 15) is 8.42 Å². The van der Waals surface area contributed by atoms with E-state index < -0.39 is 58.3 Å². The normalized spacial score (nSPS) is 22.0. The fourth-order valence-corrected chi connectivity index (χ4v) is 6.89. The van der Waals surface area contributed by atoms with Crippen LogP contribution in [0.25, 0.3) is 10.9 Å². The molecular formula is C31H41B2NO6S. The Morgan fingerprint density at radius 1 is 0.780 bits per heavy atom. The van der Waals surface area contributed by atoms with Crippen LogP contribution >= 0.6 is 0 Å². The molecule has 0 unspecified atom stereocenters. The molecule has 0 aliphatic carbocycles. The van der Waals surface area contributed by atoms with Crippen LogP contribution in [0.3, 0.4) is 0 Å². The molecule has 0 radical (unpaired) electrons. The van der Waals surface area contributed by atoms with Crippen LogP contribution < -0.4 is 0 Å². The Balaban J connectivity index is 1.68. The smallest absolute Gasteiger partial charge is 0.403 e. The Morgan fingerprint density at radius 3 is 1.71 bits per heavy atom. The zero-order valence-corrected chi connectivity index (χ0v) is 26.4. The third-order valence-electron chi connectivity index (χ3n) is 9.49. The molecule has 5 rings (SSSR count). The van der Waals surface area contributed by atoms with Gasteiger partial charge in [0.25, 0.3) is 10.0 Å². The zero-order valence-electron chi connectivity index (χ0n) is 25.6. The van der Waals surface area contributed by atoms with Crippen LogP contribution in [0.5, 0.6) is 0 Å². The molecule has 2 fully saturated rings. The molecule has 2 aliphatic rings. The third-order valence-corrected chi connectivity index (χ3v) is 11.2. The molecule has 10 heteroatoms. The number of hydrogen-bond acceptors (Lipinski definition) is 6. The number of allylic oxidation sites excluding steroid dienone is 1. The van der Waals surface area contributed by atoms with Gasteiger partial charge in [-0.15, -0.1) is 6.58 Å². The maximum Gasteiger partial charge on any atom is 0.459 e. The number of aryl methyl sites for hydroxylation is 1. The van der Waals surface area contributed by atoms with E-state index in [0.717, 1.165) is 16.5 Å². The molecule has 0 amide bonds. The van der Waals surface area contributed by atoms with Gasteiger partial charge in [0, 0.05) is 23.2 Å². The molecular weight excluding hydrogens is 536 g/mol. The second kappa shape index (κ2) is 9.85. The summed E-state index contributed by atoms with van der Waals surface area (Å²) in [6.07, 6.45) is 3.53. The van der Waals surface area contributed by atoms with Gasteiger partial charge < -0.3 is 18.6 Å². The van der Waals surface area contributed by atoms with E-state index >= 15 is 0 Å². The van der Waals surface area contributed by atoms with Gasteiger partial charge in [0.05, 0.1) is 32.8 Å². The van der Waals surface area contributed by atoms with Crippen molar-refractivity contribution in [1.29, 1.82) is 0 Å². The first-order valence-electron chi connectivity index (χ1n) is 14.2. The highest BCUT2D eigenvalue weighted by Crippen LogP contribution is 2.51. The largest absolute Gasteiger partial charge is 0.459 e. The van der Waals surface area contributed by atoms with E-state index in [2.05, 4.69) is 6.58 Å². The zero-order chi connectivity index (χ0) is 30.2. The summed E-state index contributed by atoms with van der Waals surface area (Å²) in [4.78, 5) is 0.221. The summed E-state index contributed by atoms with van der Waals surface area (Å²) in [7, 11) is -5.28. The molecule has 0 spiro atoms. The predicted molar refractivity (Wildman–Crippen MR) is 165 cm³/mol. The summed E-state index contributed by atoms with van der Waals surface area (Å²) in [5.41, 5.74) is -0.501. The summed E-state index contributed by atoms with van der Waals surface area (Å²) in [6, 6.07) is 14.4. The minimum absolute atomic E-state index is 0.221. The molecule has 1 atom stereocenters. The minimum Gasteiger partial charge on any atom is -0.403 e. The summed E-state index contributed by atoms with van der Waals surface area (Å²) in [6.45, 7) is 22.2. The summed E-state index contributed by atoms with van der Waals surface area (Å²) >= 11 is 0. The molecule has 3 heterocycles. The first-order valence-corrected chi connectivity index (χ1v) is 15.6. The number of rotatable bonds is 7. The number of hydrogen-bond donors (Lipinski definition) is 0. The fraction of sp³-hybridized carbons (Fsp3) is 0.484. The van der Waals surface area contributed by atoms with Crippen molar-refractivity contribution in [3.05, 3.63) is 78.5 Å². The molecule has 2 aliphatic heterocycles. The van der Waals surface area contributed by atoms with Crippen LogP contribution in [-0.4, -0.2) is 49.0 Å². The Morgan fingerprint density at radius 2 is 1.24 bits per heavy atom. The maximum atomic E-state index is 13.9. The summed E-state index contributed by atoms with van der Waals surface area (Å²) in [5.74, 6) is -0.432. The topological polar surface area (TPSA) is 76.0 Å². The molecule has 41 heavy (non-hydrogen) atoms. The second-order valence-corrected chi connectivity index (χ2v) is 15.1. The number of aromatic nitrogens is 1. The number of nitrogens with zero attached hydrogens (tertiary/aromatic N) is 1. The molecule has 2 aromatic carbocycles. The van der Waals surface area contributed by atoms with Gasteiger partial charge in [-0.05, 0) is 86.1 Å². The van der Waals surface area contributed by atoms with Crippen molar-refractivity contribution in [2.75, 3.05) is 0 Å². The lowest BCUT2D eigenvalue weighted by atomic mass is 9.46. The number of fused-ring (bicyclic) bond motifs is 1. The average molecular weight is 577 g/mol. The van der Waals surface area contributed by atoms with E-state index in [1.165, 1.54) is 3.97 Å². The quantitative estimate of drug-likeness (QED) is 0.234. The minimum atomic E-state index is -3.88. The summed E-state index contributed by atoms with van der Waals surface area (Å²) < 4.78 is 55.6. The standard InChI is InChI=1S/C31H41B2NO6S/c1-11-23(27(32-37-28(3,4)29(5,6)38-32)33-39-30(7,8)31(9,10)40-33)25-20-34(26-15-13-12-14-24(25)26)41(35,36)22-18-16-21(2)17-19-22/h11-20,23,27H,1H2,2-10H3/t23-/m1/s1. The Hall–Kier alpha value is -2.36. The van der Waals surface area contributed by atoms with E-state index in [-0.39, 0.29) is 4.90 Å². The fourth-order valence-electron chi connectivity index (χ4n) is 5.51.